The van der Waals surface area contributed by atoms with Gasteiger partial charge in [0, 0.05) is 29.8 Å². The van der Waals surface area contributed by atoms with Crippen molar-refractivity contribution in [2.45, 2.75) is 11.1 Å². The first-order valence-corrected chi connectivity index (χ1v) is 10.1. The number of rotatable bonds is 6. The van der Waals surface area contributed by atoms with Gasteiger partial charge < -0.3 is 15.7 Å². The minimum Gasteiger partial charge on any atom is -0.475 e. The van der Waals surface area contributed by atoms with Crippen LogP contribution in [0.25, 0.3) is 0 Å². The minimum absolute atomic E-state index is 0.171. The summed E-state index contributed by atoms with van der Waals surface area (Å²) in [5.74, 6) is -1.62. The summed E-state index contributed by atoms with van der Waals surface area (Å²) in [6.45, 7) is 0. The number of hydrogen-bond donors (Lipinski definition) is 4. The third-order valence-electron chi connectivity index (χ3n) is 3.55. The summed E-state index contributed by atoms with van der Waals surface area (Å²) < 4.78 is 57.8. The number of alkyl halides is 3. The zero-order chi connectivity index (χ0) is 23.8. The zero-order valence-electron chi connectivity index (χ0n) is 16.3. The number of aromatic nitrogens is 3. The molecular formula is C18H17F3N6O4S. The molecule has 0 spiro atoms. The molecule has 0 saturated carbocycles. The van der Waals surface area contributed by atoms with Crippen molar-refractivity contribution in [1.82, 2.24) is 19.7 Å². The number of carboxylic acids is 1. The van der Waals surface area contributed by atoms with Crippen LogP contribution < -0.4 is 15.4 Å². The summed E-state index contributed by atoms with van der Waals surface area (Å²) in [4.78, 5) is 21.3. The molecule has 0 radical (unpaired) electrons. The van der Waals surface area contributed by atoms with Crippen LogP contribution in [-0.2, 0) is 14.8 Å². The molecule has 0 fully saturated rings. The highest BCUT2D eigenvalue weighted by molar-refractivity contribution is 7.89. The molecule has 3 rings (SSSR count). The van der Waals surface area contributed by atoms with Crippen molar-refractivity contribution in [1.29, 1.82) is 0 Å². The number of aliphatic carboxylic acids is 1. The molecule has 0 aliphatic rings. The summed E-state index contributed by atoms with van der Waals surface area (Å²) in [6, 6.07) is 11.8. The van der Waals surface area contributed by atoms with Gasteiger partial charge in [0.15, 0.2) is 0 Å². The molecule has 4 N–H and O–H groups in total. The number of benzene rings is 1. The lowest BCUT2D eigenvalue weighted by molar-refractivity contribution is -0.192. The van der Waals surface area contributed by atoms with E-state index in [1.165, 1.54) is 25.5 Å². The smallest absolute Gasteiger partial charge is 0.475 e. The Kier molecular flexibility index (Phi) is 8.03. The Balaban J connectivity index is 0.000000451. The van der Waals surface area contributed by atoms with E-state index >= 15 is 0 Å². The summed E-state index contributed by atoms with van der Waals surface area (Å²) in [5.41, 5.74) is 1.45. The van der Waals surface area contributed by atoms with Crippen LogP contribution in [0, 0.1) is 0 Å². The average Bonchev–Trinajstić information content (AvgIpc) is 2.75. The topological polar surface area (TPSA) is 146 Å². The molecule has 0 aliphatic carbocycles. The van der Waals surface area contributed by atoms with Crippen molar-refractivity contribution in [3.05, 3.63) is 61.2 Å². The monoisotopic (exact) mass is 470 g/mol. The van der Waals surface area contributed by atoms with Crippen molar-refractivity contribution in [2.24, 2.45) is 0 Å². The normalized spacial score (nSPS) is 11.1. The predicted molar refractivity (Wildman–Crippen MR) is 109 cm³/mol. The first-order chi connectivity index (χ1) is 15.0. The van der Waals surface area contributed by atoms with E-state index in [0.717, 1.165) is 5.69 Å². The standard InChI is InChI=1S/C16H16N6O2S.C2HF3O2/c1-17-25(23,24)14-4-2-3-13(9-14)22-16-10-15(19-11-20-16)21-12-5-7-18-8-6-12;3-2(4,5)1(6)7/h2-11,17H,1H3,(H2,18,19,20,21,22);(H,6,7). The Morgan fingerprint density at radius 2 is 1.53 bits per heavy atom. The largest absolute Gasteiger partial charge is 0.490 e. The van der Waals surface area contributed by atoms with Crippen LogP contribution >= 0.6 is 0 Å². The molecule has 1 aromatic carbocycles. The molecule has 10 nitrogen and oxygen atoms in total. The highest BCUT2D eigenvalue weighted by Crippen LogP contribution is 2.21. The summed E-state index contributed by atoms with van der Waals surface area (Å²) in [6.07, 6.45) is -0.313. The van der Waals surface area contributed by atoms with Gasteiger partial charge in [-0.25, -0.2) is 27.9 Å². The third kappa shape index (κ3) is 7.48. The summed E-state index contributed by atoms with van der Waals surface area (Å²) in [5, 5.41) is 13.3. The van der Waals surface area contributed by atoms with Gasteiger partial charge >= 0.3 is 12.1 Å². The SMILES string of the molecule is CNS(=O)(=O)c1cccc(Nc2cc(Nc3ccncc3)ncn2)c1.O=C(O)C(F)(F)F. The molecule has 0 saturated heterocycles. The molecule has 0 amide bonds. The fourth-order valence-corrected chi connectivity index (χ4v) is 2.86. The number of hydrogen-bond acceptors (Lipinski definition) is 8. The molecule has 3 aromatic rings. The second-order valence-corrected chi connectivity index (χ2v) is 7.70. The zero-order valence-corrected chi connectivity index (χ0v) is 17.1. The number of carbonyl (C=O) groups is 1. The van der Waals surface area contributed by atoms with Crippen LogP contribution in [0.15, 0.2) is 66.1 Å². The van der Waals surface area contributed by atoms with Gasteiger partial charge in [0.05, 0.1) is 4.90 Å². The second-order valence-electron chi connectivity index (χ2n) is 5.81. The fraction of sp³-hybridized carbons (Fsp3) is 0.111. The molecule has 32 heavy (non-hydrogen) atoms. The van der Waals surface area contributed by atoms with E-state index in [4.69, 9.17) is 9.90 Å². The van der Waals surface area contributed by atoms with Gasteiger partial charge in [0.25, 0.3) is 0 Å². The van der Waals surface area contributed by atoms with Crippen LogP contribution in [0.3, 0.4) is 0 Å². The number of carboxylic acid groups (broad SMARTS) is 1. The molecule has 0 aliphatic heterocycles. The van der Waals surface area contributed by atoms with Crippen LogP contribution in [0.4, 0.5) is 36.2 Å². The maximum absolute atomic E-state index is 11.9. The Bertz CT molecular complexity index is 1160. The molecule has 14 heteroatoms. The quantitative estimate of drug-likeness (QED) is 0.427. The van der Waals surface area contributed by atoms with Crippen molar-refractivity contribution < 1.29 is 31.5 Å². The fourth-order valence-electron chi connectivity index (χ4n) is 2.08. The number of halogens is 3. The maximum Gasteiger partial charge on any atom is 0.490 e. The van der Waals surface area contributed by atoms with Gasteiger partial charge in [0.2, 0.25) is 10.0 Å². The lowest BCUT2D eigenvalue weighted by Crippen LogP contribution is -2.21. The van der Waals surface area contributed by atoms with E-state index in [2.05, 4.69) is 30.3 Å². The van der Waals surface area contributed by atoms with E-state index in [1.807, 2.05) is 12.1 Å². The van der Waals surface area contributed by atoms with Crippen molar-refractivity contribution in [2.75, 3.05) is 17.7 Å². The highest BCUT2D eigenvalue weighted by Gasteiger charge is 2.38. The maximum atomic E-state index is 11.9. The van der Waals surface area contributed by atoms with Gasteiger partial charge in [-0.2, -0.15) is 13.2 Å². The number of nitrogens with one attached hydrogen (secondary N) is 3. The van der Waals surface area contributed by atoms with Crippen LogP contribution in [0.1, 0.15) is 0 Å². The Morgan fingerprint density at radius 3 is 2.06 bits per heavy atom. The van der Waals surface area contributed by atoms with E-state index < -0.39 is 22.2 Å². The van der Waals surface area contributed by atoms with E-state index in [-0.39, 0.29) is 4.90 Å². The number of anilines is 4. The Morgan fingerprint density at radius 1 is 0.969 bits per heavy atom. The lowest BCUT2D eigenvalue weighted by Gasteiger charge is -2.10. The number of sulfonamides is 1. The van der Waals surface area contributed by atoms with Gasteiger partial charge in [-0.05, 0) is 37.4 Å². The lowest BCUT2D eigenvalue weighted by atomic mass is 10.3. The molecule has 0 atom stereocenters. The minimum atomic E-state index is -5.08. The number of pyridine rings is 1. The van der Waals surface area contributed by atoms with Gasteiger partial charge in [-0.3, -0.25) is 4.98 Å². The van der Waals surface area contributed by atoms with Crippen LogP contribution in [-0.4, -0.2) is 47.7 Å². The Labute approximate surface area is 180 Å². The first-order valence-electron chi connectivity index (χ1n) is 8.61. The van der Waals surface area contributed by atoms with Crippen molar-refractivity contribution in [3.63, 3.8) is 0 Å². The third-order valence-corrected chi connectivity index (χ3v) is 4.96. The van der Waals surface area contributed by atoms with Crippen molar-refractivity contribution >= 4 is 39.0 Å². The van der Waals surface area contributed by atoms with Crippen LogP contribution in [0.2, 0.25) is 0 Å². The molecule has 170 valence electrons. The molecular weight excluding hydrogens is 453 g/mol. The summed E-state index contributed by atoms with van der Waals surface area (Å²) in [7, 11) is -2.13. The van der Waals surface area contributed by atoms with Crippen LogP contribution in [0.5, 0.6) is 0 Å². The van der Waals surface area contributed by atoms with Crippen molar-refractivity contribution in [3.8, 4) is 0 Å². The predicted octanol–water partition coefficient (Wildman–Crippen LogP) is 2.90. The van der Waals surface area contributed by atoms with Gasteiger partial charge in [-0.1, -0.05) is 6.07 Å². The van der Waals surface area contributed by atoms with E-state index in [9.17, 15) is 21.6 Å². The molecule has 0 unspecified atom stereocenters. The highest BCUT2D eigenvalue weighted by atomic mass is 32.2. The van der Waals surface area contributed by atoms with Gasteiger partial charge in [0.1, 0.15) is 18.0 Å². The molecule has 0 bridgehead atoms. The number of nitrogens with zero attached hydrogens (tertiary/aromatic N) is 3. The average molecular weight is 470 g/mol. The molecule has 2 aromatic heterocycles. The van der Waals surface area contributed by atoms with E-state index in [1.54, 1.807) is 30.6 Å². The van der Waals surface area contributed by atoms with E-state index in [0.29, 0.717) is 17.3 Å². The molecule has 2 heterocycles. The summed E-state index contributed by atoms with van der Waals surface area (Å²) >= 11 is 0. The second kappa shape index (κ2) is 10.5. The Hall–Kier alpha value is -3.78. The first kappa shape index (κ1) is 24.5. The van der Waals surface area contributed by atoms with Gasteiger partial charge in [-0.15, -0.1) is 0 Å².